The van der Waals surface area contributed by atoms with Gasteiger partial charge in [-0.3, -0.25) is 4.79 Å². The van der Waals surface area contributed by atoms with Crippen molar-refractivity contribution >= 4 is 23.2 Å². The number of carbonyl (C=O) groups is 1. The van der Waals surface area contributed by atoms with Crippen LogP contribution in [0.5, 0.6) is 0 Å². The Kier molecular flexibility index (Phi) is 6.66. The predicted octanol–water partition coefficient (Wildman–Crippen LogP) is 5.33. The van der Waals surface area contributed by atoms with Crippen LogP contribution in [0.1, 0.15) is 43.5 Å². The number of hydrogen-bond donors (Lipinski definition) is 1. The Bertz CT molecular complexity index is 1200. The van der Waals surface area contributed by atoms with Crippen molar-refractivity contribution in [2.75, 3.05) is 5.32 Å². The van der Waals surface area contributed by atoms with Gasteiger partial charge in [-0.1, -0.05) is 42.7 Å². The third-order valence-corrected chi connectivity index (χ3v) is 5.22. The van der Waals surface area contributed by atoms with Crippen LogP contribution >= 0.6 is 11.6 Å². The van der Waals surface area contributed by atoms with Crippen molar-refractivity contribution in [3.05, 3.63) is 83.2 Å². The monoisotopic (exact) mass is 449 g/mol. The fraction of sp³-hybridized carbons (Fsp3) is 0.250. The molecule has 2 aromatic carbocycles. The van der Waals surface area contributed by atoms with Gasteiger partial charge in [0.1, 0.15) is 5.82 Å². The number of imidazole rings is 1. The summed E-state index contributed by atoms with van der Waals surface area (Å²) < 4.78 is 7.40. The Hall–Kier alpha value is -3.45. The van der Waals surface area contributed by atoms with Gasteiger partial charge < -0.3 is 14.4 Å². The summed E-state index contributed by atoms with van der Waals surface area (Å²) in [5, 5.41) is 7.56. The summed E-state index contributed by atoms with van der Waals surface area (Å²) in [6, 6.07) is 15.0. The van der Waals surface area contributed by atoms with Gasteiger partial charge >= 0.3 is 0 Å². The normalized spacial score (nSPS) is 11.1. The molecule has 2 aromatic heterocycles. The van der Waals surface area contributed by atoms with Gasteiger partial charge in [0.2, 0.25) is 17.6 Å². The van der Waals surface area contributed by atoms with E-state index in [1.165, 1.54) is 0 Å². The summed E-state index contributed by atoms with van der Waals surface area (Å²) in [5.74, 6) is 2.17. The van der Waals surface area contributed by atoms with E-state index in [0.29, 0.717) is 35.6 Å². The number of anilines is 1. The van der Waals surface area contributed by atoms with Crippen LogP contribution in [-0.2, 0) is 17.8 Å². The molecule has 0 spiro atoms. The highest BCUT2D eigenvalue weighted by Gasteiger charge is 2.12. The highest BCUT2D eigenvalue weighted by Crippen LogP contribution is 2.20. The Morgan fingerprint density at radius 3 is 2.78 bits per heavy atom. The van der Waals surface area contributed by atoms with Gasteiger partial charge in [-0.15, -0.1) is 0 Å². The lowest BCUT2D eigenvalue weighted by Crippen LogP contribution is -2.13. The van der Waals surface area contributed by atoms with Crippen LogP contribution in [0.2, 0.25) is 5.02 Å². The average molecular weight is 450 g/mol. The number of halogens is 1. The van der Waals surface area contributed by atoms with Crippen LogP contribution in [-0.4, -0.2) is 25.6 Å². The smallest absolute Gasteiger partial charge is 0.227 e. The third-order valence-electron chi connectivity index (χ3n) is 4.96. The first-order chi connectivity index (χ1) is 15.5. The molecule has 32 heavy (non-hydrogen) atoms. The Morgan fingerprint density at radius 2 is 2.00 bits per heavy atom. The first-order valence-electron chi connectivity index (χ1n) is 10.5. The minimum absolute atomic E-state index is 0.112. The molecule has 0 bridgehead atoms. The molecule has 0 aliphatic carbocycles. The summed E-state index contributed by atoms with van der Waals surface area (Å²) in [5.41, 5.74) is 2.66. The van der Waals surface area contributed by atoms with E-state index in [9.17, 15) is 4.79 Å². The van der Waals surface area contributed by atoms with E-state index in [4.69, 9.17) is 16.1 Å². The van der Waals surface area contributed by atoms with Crippen molar-refractivity contribution in [3.8, 4) is 11.4 Å². The fourth-order valence-corrected chi connectivity index (χ4v) is 3.54. The second-order valence-corrected chi connectivity index (χ2v) is 8.27. The van der Waals surface area contributed by atoms with Crippen molar-refractivity contribution in [1.82, 2.24) is 19.7 Å². The molecule has 0 atom stereocenters. The quantitative estimate of drug-likeness (QED) is 0.393. The molecule has 0 aliphatic rings. The number of nitrogens with zero attached hydrogens (tertiary/aromatic N) is 4. The Balaban J connectivity index is 1.33. The topological polar surface area (TPSA) is 85.8 Å². The summed E-state index contributed by atoms with van der Waals surface area (Å²) in [7, 11) is 0. The summed E-state index contributed by atoms with van der Waals surface area (Å²) in [6.45, 7) is 4.95. The average Bonchev–Trinajstić information content (AvgIpc) is 3.43. The van der Waals surface area contributed by atoms with Gasteiger partial charge in [0, 0.05) is 54.0 Å². The van der Waals surface area contributed by atoms with Crippen molar-refractivity contribution in [1.29, 1.82) is 0 Å². The van der Waals surface area contributed by atoms with Gasteiger partial charge in [-0.05, 0) is 42.0 Å². The molecule has 1 amide bonds. The number of carbonyl (C=O) groups excluding carboxylic acids is 1. The van der Waals surface area contributed by atoms with E-state index < -0.39 is 0 Å². The summed E-state index contributed by atoms with van der Waals surface area (Å²) in [4.78, 5) is 21.2. The number of benzene rings is 2. The highest BCUT2D eigenvalue weighted by atomic mass is 35.5. The number of aromatic nitrogens is 4. The van der Waals surface area contributed by atoms with Crippen LogP contribution in [0.25, 0.3) is 11.4 Å². The molecule has 4 rings (SSSR count). The predicted molar refractivity (Wildman–Crippen MR) is 124 cm³/mol. The molecule has 4 aromatic rings. The largest absolute Gasteiger partial charge is 0.339 e. The van der Waals surface area contributed by atoms with E-state index in [-0.39, 0.29) is 12.3 Å². The van der Waals surface area contributed by atoms with Gasteiger partial charge in [-0.2, -0.15) is 4.98 Å². The zero-order chi connectivity index (χ0) is 22.5. The second-order valence-electron chi connectivity index (χ2n) is 7.84. The molecule has 0 aliphatic heterocycles. The zero-order valence-corrected chi connectivity index (χ0v) is 18.7. The minimum atomic E-state index is -0.112. The number of aryl methyl sites for hydroxylation is 1. The van der Waals surface area contributed by atoms with E-state index in [2.05, 4.69) is 38.9 Å². The SMILES string of the molecule is CC(C)c1nccn1Cc1cccc(NC(=O)CCc2nc(-c3ccc(Cl)cc3)no2)c1. The molecule has 0 unspecified atom stereocenters. The minimum Gasteiger partial charge on any atom is -0.339 e. The van der Waals surface area contributed by atoms with Crippen molar-refractivity contribution in [2.45, 2.75) is 39.2 Å². The van der Waals surface area contributed by atoms with Crippen LogP contribution in [0, 0.1) is 0 Å². The van der Waals surface area contributed by atoms with E-state index in [1.807, 2.05) is 48.8 Å². The number of hydrogen-bond acceptors (Lipinski definition) is 5. The van der Waals surface area contributed by atoms with E-state index in [0.717, 1.165) is 22.6 Å². The van der Waals surface area contributed by atoms with Crippen molar-refractivity contribution in [3.63, 3.8) is 0 Å². The molecular formula is C24H24ClN5O2. The molecule has 0 fully saturated rings. The summed E-state index contributed by atoms with van der Waals surface area (Å²) in [6.07, 6.45) is 4.39. The molecule has 1 N–H and O–H groups in total. The first-order valence-corrected chi connectivity index (χ1v) is 10.8. The maximum atomic E-state index is 12.4. The number of nitrogens with one attached hydrogen (secondary N) is 1. The molecule has 164 valence electrons. The molecular weight excluding hydrogens is 426 g/mol. The van der Waals surface area contributed by atoms with Gasteiger partial charge in [0.25, 0.3) is 0 Å². The molecule has 2 heterocycles. The Labute approximate surface area is 191 Å². The number of amides is 1. The van der Waals surface area contributed by atoms with E-state index >= 15 is 0 Å². The molecule has 8 heteroatoms. The van der Waals surface area contributed by atoms with Gasteiger partial charge in [0.15, 0.2) is 0 Å². The zero-order valence-electron chi connectivity index (χ0n) is 18.0. The lowest BCUT2D eigenvalue weighted by molar-refractivity contribution is -0.116. The van der Waals surface area contributed by atoms with Crippen molar-refractivity contribution in [2.24, 2.45) is 0 Å². The van der Waals surface area contributed by atoms with Crippen LogP contribution < -0.4 is 5.32 Å². The van der Waals surface area contributed by atoms with Gasteiger partial charge in [-0.25, -0.2) is 4.98 Å². The Morgan fingerprint density at radius 1 is 1.19 bits per heavy atom. The second kappa shape index (κ2) is 9.78. The van der Waals surface area contributed by atoms with Crippen LogP contribution in [0.3, 0.4) is 0 Å². The standard InChI is InChI=1S/C24H24ClN5O2/c1-16(2)24-26-12-13-30(24)15-17-4-3-5-20(14-17)27-21(31)10-11-22-28-23(29-32-22)18-6-8-19(25)9-7-18/h3-9,12-14,16H,10-11,15H2,1-2H3,(H,27,31). The molecule has 7 nitrogen and oxygen atoms in total. The third kappa shape index (κ3) is 5.42. The van der Waals surface area contributed by atoms with Gasteiger partial charge in [0.05, 0.1) is 0 Å². The lowest BCUT2D eigenvalue weighted by atomic mass is 10.1. The maximum Gasteiger partial charge on any atom is 0.227 e. The molecule has 0 radical (unpaired) electrons. The highest BCUT2D eigenvalue weighted by molar-refractivity contribution is 6.30. The van der Waals surface area contributed by atoms with Crippen molar-refractivity contribution < 1.29 is 9.32 Å². The number of rotatable bonds is 8. The van der Waals surface area contributed by atoms with E-state index in [1.54, 1.807) is 12.1 Å². The van der Waals surface area contributed by atoms with Crippen LogP contribution in [0.15, 0.2) is 65.4 Å². The fourth-order valence-electron chi connectivity index (χ4n) is 3.42. The molecule has 0 saturated heterocycles. The lowest BCUT2D eigenvalue weighted by Gasteiger charge is -2.12. The van der Waals surface area contributed by atoms with Crippen LogP contribution in [0.4, 0.5) is 5.69 Å². The molecule has 0 saturated carbocycles. The maximum absolute atomic E-state index is 12.4. The summed E-state index contributed by atoms with van der Waals surface area (Å²) >= 11 is 5.91. The first kappa shape index (κ1) is 21.8.